The number of hydrogen-bond acceptors (Lipinski definition) is 4. The van der Waals surface area contributed by atoms with E-state index in [4.69, 9.17) is 0 Å². The molecule has 5 nitrogen and oxygen atoms in total. The van der Waals surface area contributed by atoms with Gasteiger partial charge in [-0.2, -0.15) is 4.39 Å². The zero-order valence-corrected chi connectivity index (χ0v) is 11.9. The van der Waals surface area contributed by atoms with Crippen molar-refractivity contribution in [3.8, 4) is 0 Å². The van der Waals surface area contributed by atoms with E-state index in [0.717, 1.165) is 17.8 Å². The molecule has 0 bridgehead atoms. The Labute approximate surface area is 123 Å². The summed E-state index contributed by atoms with van der Waals surface area (Å²) in [6.45, 7) is 0.310. The maximum Gasteiger partial charge on any atom is 0.305 e. The van der Waals surface area contributed by atoms with E-state index in [9.17, 15) is 14.5 Å². The van der Waals surface area contributed by atoms with Crippen molar-refractivity contribution in [2.24, 2.45) is 0 Å². The van der Waals surface area contributed by atoms with Crippen LogP contribution in [0.5, 0.6) is 0 Å². The summed E-state index contributed by atoms with van der Waals surface area (Å²) in [5.74, 6) is -0.852. The summed E-state index contributed by atoms with van der Waals surface area (Å²) in [6, 6.07) is 11.7. The molecule has 7 heteroatoms. The van der Waals surface area contributed by atoms with Gasteiger partial charge >= 0.3 is 5.69 Å². The van der Waals surface area contributed by atoms with Crippen molar-refractivity contribution < 1.29 is 9.31 Å². The molecule has 104 valence electrons. The van der Waals surface area contributed by atoms with Crippen LogP contribution in [0.4, 0.5) is 15.8 Å². The van der Waals surface area contributed by atoms with Crippen molar-refractivity contribution in [1.82, 2.24) is 5.43 Å². The Balaban J connectivity index is 2.03. The summed E-state index contributed by atoms with van der Waals surface area (Å²) in [6.07, 6.45) is 0. The van der Waals surface area contributed by atoms with Crippen LogP contribution in [0.15, 0.2) is 46.9 Å². The highest BCUT2D eigenvalue weighted by Crippen LogP contribution is 2.26. The maximum absolute atomic E-state index is 13.5. The Bertz CT molecular complexity index is 623. The molecule has 0 aliphatic heterocycles. The van der Waals surface area contributed by atoms with Crippen LogP contribution in [0.3, 0.4) is 0 Å². The lowest BCUT2D eigenvalue weighted by atomic mass is 10.2. The van der Waals surface area contributed by atoms with Gasteiger partial charge in [0.1, 0.15) is 0 Å². The van der Waals surface area contributed by atoms with Gasteiger partial charge in [-0.15, -0.1) is 0 Å². The normalized spacial score (nSPS) is 10.3. The molecule has 0 atom stereocenters. The minimum Gasteiger partial charge on any atom is -0.321 e. The van der Waals surface area contributed by atoms with E-state index in [-0.39, 0.29) is 0 Å². The average molecular weight is 340 g/mol. The second kappa shape index (κ2) is 6.44. The number of rotatable bonds is 5. The van der Waals surface area contributed by atoms with Crippen LogP contribution in [0.1, 0.15) is 5.56 Å². The van der Waals surface area contributed by atoms with E-state index in [1.165, 1.54) is 0 Å². The van der Waals surface area contributed by atoms with Gasteiger partial charge in [-0.3, -0.25) is 10.1 Å². The third kappa shape index (κ3) is 3.52. The third-order valence-electron chi connectivity index (χ3n) is 2.60. The van der Waals surface area contributed by atoms with Crippen molar-refractivity contribution in [3.63, 3.8) is 0 Å². The maximum atomic E-state index is 13.5. The average Bonchev–Trinajstić information content (AvgIpc) is 2.43. The predicted octanol–water partition coefficient (Wildman–Crippen LogP) is 3.61. The summed E-state index contributed by atoms with van der Waals surface area (Å²) in [7, 11) is 0. The molecule has 0 amide bonds. The summed E-state index contributed by atoms with van der Waals surface area (Å²) in [5, 5.41) is 10.6. The van der Waals surface area contributed by atoms with Crippen LogP contribution < -0.4 is 10.9 Å². The van der Waals surface area contributed by atoms with E-state index < -0.39 is 16.4 Å². The zero-order chi connectivity index (χ0) is 14.5. The van der Waals surface area contributed by atoms with Crippen molar-refractivity contribution in [1.29, 1.82) is 0 Å². The first kappa shape index (κ1) is 14.4. The molecule has 0 spiro atoms. The Kier molecular flexibility index (Phi) is 4.65. The van der Waals surface area contributed by atoms with Crippen molar-refractivity contribution in [2.75, 3.05) is 5.43 Å². The van der Waals surface area contributed by atoms with Crippen LogP contribution in [-0.4, -0.2) is 4.92 Å². The number of nitrogens with one attached hydrogen (secondary N) is 2. The number of halogens is 2. The molecule has 2 N–H and O–H groups in total. The highest BCUT2D eigenvalue weighted by atomic mass is 79.9. The molecule has 20 heavy (non-hydrogen) atoms. The van der Waals surface area contributed by atoms with Crippen molar-refractivity contribution in [3.05, 3.63) is 68.4 Å². The van der Waals surface area contributed by atoms with Gasteiger partial charge in [0.25, 0.3) is 0 Å². The fourth-order valence-electron chi connectivity index (χ4n) is 1.62. The number of nitro groups is 1. The number of nitro benzene ring substituents is 1. The Hall–Kier alpha value is -1.99. The lowest BCUT2D eigenvalue weighted by molar-refractivity contribution is -0.387. The first-order valence-electron chi connectivity index (χ1n) is 5.74. The molecule has 0 heterocycles. The van der Waals surface area contributed by atoms with Crippen LogP contribution in [0.2, 0.25) is 0 Å². The van der Waals surface area contributed by atoms with E-state index in [1.54, 1.807) is 0 Å². The fourth-order valence-corrected chi connectivity index (χ4v) is 2.09. The van der Waals surface area contributed by atoms with Gasteiger partial charge in [0, 0.05) is 22.8 Å². The lowest BCUT2D eigenvalue weighted by Crippen LogP contribution is -2.21. The molecule has 0 aliphatic carbocycles. The van der Waals surface area contributed by atoms with Crippen molar-refractivity contribution >= 4 is 27.3 Å². The molecule has 0 fully saturated rings. The van der Waals surface area contributed by atoms with Crippen LogP contribution in [-0.2, 0) is 6.54 Å². The Morgan fingerprint density at radius 2 is 1.95 bits per heavy atom. The summed E-state index contributed by atoms with van der Waals surface area (Å²) < 4.78 is 14.0. The molecule has 2 rings (SSSR count). The van der Waals surface area contributed by atoms with E-state index in [0.29, 0.717) is 16.6 Å². The first-order chi connectivity index (χ1) is 9.58. The standard InChI is InChI=1S/C13H11BrFN3O2/c14-11-7-13(18(19)20)12(15)6-9(11)8-16-17-10-4-2-1-3-5-10/h1-7,16-17H,8H2. The quantitative estimate of drug-likeness (QED) is 0.645. The number of benzene rings is 2. The van der Waals surface area contributed by atoms with E-state index in [2.05, 4.69) is 26.8 Å². The minimum atomic E-state index is -0.852. The second-order valence-electron chi connectivity index (χ2n) is 4.00. The van der Waals surface area contributed by atoms with Crippen LogP contribution in [0, 0.1) is 15.9 Å². The molecular formula is C13H11BrFN3O2. The lowest BCUT2D eigenvalue weighted by Gasteiger charge is -2.09. The number of anilines is 1. The monoisotopic (exact) mass is 339 g/mol. The summed E-state index contributed by atoms with van der Waals surface area (Å²) in [5.41, 5.74) is 6.77. The van der Waals surface area contributed by atoms with Gasteiger partial charge in [-0.05, 0) is 23.8 Å². The highest BCUT2D eigenvalue weighted by molar-refractivity contribution is 9.10. The van der Waals surface area contributed by atoms with Gasteiger partial charge in [-0.25, -0.2) is 5.43 Å². The molecular weight excluding hydrogens is 329 g/mol. The second-order valence-corrected chi connectivity index (χ2v) is 4.85. The molecule has 2 aromatic rings. The smallest absolute Gasteiger partial charge is 0.305 e. The number of hydrogen-bond donors (Lipinski definition) is 2. The predicted molar refractivity (Wildman–Crippen MR) is 77.7 cm³/mol. The number of para-hydroxylation sites is 1. The molecule has 0 saturated heterocycles. The summed E-state index contributed by atoms with van der Waals surface area (Å²) >= 11 is 3.20. The van der Waals surface area contributed by atoms with Gasteiger partial charge in [0.2, 0.25) is 5.82 Å². The van der Waals surface area contributed by atoms with Crippen LogP contribution in [0.25, 0.3) is 0 Å². The van der Waals surface area contributed by atoms with E-state index >= 15 is 0 Å². The SMILES string of the molecule is O=[N+]([O-])c1cc(Br)c(CNNc2ccccc2)cc1F. The Morgan fingerprint density at radius 1 is 1.25 bits per heavy atom. The van der Waals surface area contributed by atoms with Crippen molar-refractivity contribution in [2.45, 2.75) is 6.54 Å². The minimum absolute atomic E-state index is 0.310. The van der Waals surface area contributed by atoms with Gasteiger partial charge in [-0.1, -0.05) is 34.1 Å². The molecule has 0 saturated carbocycles. The molecule has 2 aromatic carbocycles. The molecule has 0 unspecified atom stereocenters. The Morgan fingerprint density at radius 3 is 2.60 bits per heavy atom. The highest BCUT2D eigenvalue weighted by Gasteiger charge is 2.16. The van der Waals surface area contributed by atoms with Gasteiger partial charge < -0.3 is 5.43 Å². The van der Waals surface area contributed by atoms with Crippen LogP contribution >= 0.6 is 15.9 Å². The molecule has 0 aromatic heterocycles. The van der Waals surface area contributed by atoms with Gasteiger partial charge in [0.15, 0.2) is 0 Å². The summed E-state index contributed by atoms with van der Waals surface area (Å²) in [4.78, 5) is 9.85. The number of nitrogens with zero attached hydrogens (tertiary/aromatic N) is 1. The third-order valence-corrected chi connectivity index (χ3v) is 3.34. The van der Waals surface area contributed by atoms with E-state index in [1.807, 2.05) is 30.3 Å². The largest absolute Gasteiger partial charge is 0.321 e. The van der Waals surface area contributed by atoms with Gasteiger partial charge in [0.05, 0.1) is 4.92 Å². The molecule has 0 aliphatic rings. The topological polar surface area (TPSA) is 67.2 Å². The number of hydrazine groups is 1. The fraction of sp³-hybridized carbons (Fsp3) is 0.0769. The first-order valence-corrected chi connectivity index (χ1v) is 6.53. The zero-order valence-electron chi connectivity index (χ0n) is 10.3. The molecule has 0 radical (unpaired) electrons.